The molecule has 0 saturated carbocycles. The Labute approximate surface area is 159 Å². The highest BCUT2D eigenvalue weighted by atomic mass is 19.1. The highest BCUT2D eigenvalue weighted by molar-refractivity contribution is 5.93. The monoisotopic (exact) mass is 379 g/mol. The fraction of sp³-hybridized carbons (Fsp3) is 0.0500. The van der Waals surface area contributed by atoms with Gasteiger partial charge in [-0.3, -0.25) is 20.4 Å². The van der Waals surface area contributed by atoms with Crippen LogP contribution >= 0.6 is 0 Å². The van der Waals surface area contributed by atoms with Gasteiger partial charge < -0.3 is 9.15 Å². The molecule has 0 unspecified atom stereocenters. The first-order valence-electron chi connectivity index (χ1n) is 8.14. The van der Waals surface area contributed by atoms with Gasteiger partial charge in [0.25, 0.3) is 5.91 Å². The van der Waals surface area contributed by atoms with Crippen LogP contribution in [-0.4, -0.2) is 18.4 Å². The number of furan rings is 1. The van der Waals surface area contributed by atoms with Crippen molar-refractivity contribution < 1.29 is 23.1 Å². The number of nitrogens with one attached hydrogen (secondary N) is 2. The Morgan fingerprint density at radius 2 is 1.79 bits per heavy atom. The summed E-state index contributed by atoms with van der Waals surface area (Å²) in [6.07, 6.45) is 0. The number of carbonyl (C=O) groups is 2. The lowest BCUT2D eigenvalue weighted by molar-refractivity contribution is -0.123. The number of amides is 2. The molecular weight excluding hydrogens is 365 g/mol. The summed E-state index contributed by atoms with van der Waals surface area (Å²) in [5.74, 6) is -1.49. The van der Waals surface area contributed by atoms with Crippen molar-refractivity contribution in [2.24, 2.45) is 0 Å². The number of nitriles is 1. The average Bonchev–Trinajstić information content (AvgIpc) is 3.21. The zero-order valence-corrected chi connectivity index (χ0v) is 14.4. The summed E-state index contributed by atoms with van der Waals surface area (Å²) in [5.41, 5.74) is 4.85. The first-order valence-corrected chi connectivity index (χ1v) is 8.14. The lowest BCUT2D eigenvalue weighted by atomic mass is 10.1. The molecule has 0 bridgehead atoms. The van der Waals surface area contributed by atoms with Gasteiger partial charge in [-0.2, -0.15) is 5.26 Å². The molecule has 2 amide bonds. The average molecular weight is 379 g/mol. The number of nitrogens with zero attached hydrogens (tertiary/aromatic N) is 1. The highest BCUT2D eigenvalue weighted by Crippen LogP contribution is 2.24. The van der Waals surface area contributed by atoms with Crippen LogP contribution in [0.1, 0.15) is 16.1 Å². The summed E-state index contributed by atoms with van der Waals surface area (Å²) in [4.78, 5) is 23.9. The van der Waals surface area contributed by atoms with Crippen molar-refractivity contribution in [1.82, 2.24) is 10.9 Å². The molecule has 140 valence electrons. The number of hydrogen-bond acceptors (Lipinski definition) is 5. The summed E-state index contributed by atoms with van der Waals surface area (Å²) in [6, 6.07) is 17.2. The molecule has 28 heavy (non-hydrogen) atoms. The van der Waals surface area contributed by atoms with E-state index in [9.17, 15) is 14.0 Å². The van der Waals surface area contributed by atoms with E-state index in [1.165, 1.54) is 24.3 Å². The zero-order valence-electron chi connectivity index (χ0n) is 14.4. The maximum atomic E-state index is 13.8. The minimum Gasteiger partial charge on any atom is -0.482 e. The molecule has 1 aromatic heterocycles. The molecule has 0 aliphatic carbocycles. The van der Waals surface area contributed by atoms with E-state index >= 15 is 0 Å². The summed E-state index contributed by atoms with van der Waals surface area (Å²) < 4.78 is 24.4. The first-order chi connectivity index (χ1) is 13.6. The second-order valence-corrected chi connectivity index (χ2v) is 5.54. The smallest absolute Gasteiger partial charge is 0.305 e. The number of hydrogen-bond donors (Lipinski definition) is 2. The van der Waals surface area contributed by atoms with E-state index in [0.717, 1.165) is 0 Å². The van der Waals surface area contributed by atoms with Gasteiger partial charge in [0, 0.05) is 0 Å². The number of benzene rings is 2. The van der Waals surface area contributed by atoms with E-state index in [0.29, 0.717) is 0 Å². The largest absolute Gasteiger partial charge is 0.482 e. The van der Waals surface area contributed by atoms with Crippen LogP contribution < -0.4 is 15.6 Å². The SMILES string of the molecule is N#Cc1ccccc1OCC(=O)NNC(=O)c1ccc(-c2ccccc2F)o1. The van der Waals surface area contributed by atoms with Crippen LogP contribution in [0.15, 0.2) is 65.1 Å². The molecule has 7 nitrogen and oxygen atoms in total. The van der Waals surface area contributed by atoms with Gasteiger partial charge in [0.05, 0.1) is 11.1 Å². The second-order valence-electron chi connectivity index (χ2n) is 5.54. The van der Waals surface area contributed by atoms with Crippen LogP contribution in [0.4, 0.5) is 4.39 Å². The van der Waals surface area contributed by atoms with E-state index in [-0.39, 0.29) is 28.4 Å². The minimum absolute atomic E-state index is 0.103. The van der Waals surface area contributed by atoms with Crippen LogP contribution in [0.2, 0.25) is 0 Å². The number of carbonyl (C=O) groups excluding carboxylic acids is 2. The van der Waals surface area contributed by atoms with E-state index in [1.807, 2.05) is 6.07 Å². The van der Waals surface area contributed by atoms with Crippen LogP contribution in [0.3, 0.4) is 0 Å². The zero-order chi connectivity index (χ0) is 19.9. The molecule has 2 N–H and O–H groups in total. The molecule has 0 fully saturated rings. The van der Waals surface area contributed by atoms with Crippen molar-refractivity contribution in [3.05, 3.63) is 77.8 Å². The quantitative estimate of drug-likeness (QED) is 0.664. The van der Waals surface area contributed by atoms with Gasteiger partial charge in [0.15, 0.2) is 12.4 Å². The number of para-hydroxylation sites is 1. The molecule has 0 saturated heterocycles. The molecule has 3 aromatic rings. The maximum Gasteiger partial charge on any atom is 0.305 e. The lowest BCUT2D eigenvalue weighted by Gasteiger charge is -2.08. The van der Waals surface area contributed by atoms with E-state index < -0.39 is 24.2 Å². The van der Waals surface area contributed by atoms with Gasteiger partial charge in [-0.1, -0.05) is 24.3 Å². The Morgan fingerprint density at radius 1 is 1.04 bits per heavy atom. The predicted octanol–water partition coefficient (Wildman–Crippen LogP) is 2.80. The standard InChI is InChI=1S/C20H14FN3O4/c21-15-7-3-2-6-14(15)17-9-10-18(28-17)20(26)24-23-19(25)12-27-16-8-4-1-5-13(16)11-22/h1-10H,12H2,(H,23,25)(H,24,26). The van der Waals surface area contributed by atoms with Gasteiger partial charge in [0.2, 0.25) is 0 Å². The predicted molar refractivity (Wildman–Crippen MR) is 96.4 cm³/mol. The Balaban J connectivity index is 1.54. The Kier molecular flexibility index (Phi) is 5.67. The molecule has 2 aromatic carbocycles. The van der Waals surface area contributed by atoms with Gasteiger partial charge in [-0.05, 0) is 36.4 Å². The fourth-order valence-electron chi connectivity index (χ4n) is 2.32. The summed E-state index contributed by atoms with van der Waals surface area (Å²) in [6.45, 7) is -0.405. The molecule has 1 heterocycles. The Hall–Kier alpha value is -4.12. The van der Waals surface area contributed by atoms with E-state index in [1.54, 1.807) is 36.4 Å². The summed E-state index contributed by atoms with van der Waals surface area (Å²) >= 11 is 0. The molecule has 8 heteroatoms. The van der Waals surface area contributed by atoms with Crippen molar-refractivity contribution in [3.8, 4) is 23.1 Å². The Bertz CT molecular complexity index is 1060. The van der Waals surface area contributed by atoms with Crippen LogP contribution in [-0.2, 0) is 4.79 Å². The number of hydrazine groups is 1. The maximum absolute atomic E-state index is 13.8. The normalized spacial score (nSPS) is 10.0. The number of halogens is 1. The Morgan fingerprint density at radius 3 is 2.57 bits per heavy atom. The topological polar surface area (TPSA) is 104 Å². The number of ether oxygens (including phenoxy) is 1. The first kappa shape index (κ1) is 18.7. The summed E-state index contributed by atoms with van der Waals surface area (Å²) in [5, 5.41) is 8.97. The van der Waals surface area contributed by atoms with Gasteiger partial charge in [-0.15, -0.1) is 0 Å². The van der Waals surface area contributed by atoms with Crippen LogP contribution in [0.25, 0.3) is 11.3 Å². The fourth-order valence-corrected chi connectivity index (χ4v) is 2.32. The van der Waals surface area contributed by atoms with E-state index in [4.69, 9.17) is 14.4 Å². The second kappa shape index (κ2) is 8.51. The summed E-state index contributed by atoms with van der Waals surface area (Å²) in [7, 11) is 0. The molecule has 0 aliphatic heterocycles. The van der Waals surface area contributed by atoms with Crippen molar-refractivity contribution in [1.29, 1.82) is 5.26 Å². The molecule has 0 spiro atoms. The van der Waals surface area contributed by atoms with E-state index in [2.05, 4.69) is 10.9 Å². The molecular formula is C20H14FN3O4. The van der Waals surface area contributed by atoms with Crippen molar-refractivity contribution >= 4 is 11.8 Å². The van der Waals surface area contributed by atoms with Gasteiger partial charge >= 0.3 is 5.91 Å². The van der Waals surface area contributed by atoms with Crippen molar-refractivity contribution in [3.63, 3.8) is 0 Å². The van der Waals surface area contributed by atoms with Crippen molar-refractivity contribution in [2.45, 2.75) is 0 Å². The third kappa shape index (κ3) is 4.34. The van der Waals surface area contributed by atoms with Crippen molar-refractivity contribution in [2.75, 3.05) is 6.61 Å². The third-order valence-corrected chi connectivity index (χ3v) is 3.65. The van der Waals surface area contributed by atoms with Gasteiger partial charge in [0.1, 0.15) is 23.4 Å². The molecule has 0 aliphatic rings. The van der Waals surface area contributed by atoms with Gasteiger partial charge in [-0.25, -0.2) is 4.39 Å². The number of rotatable bonds is 5. The highest BCUT2D eigenvalue weighted by Gasteiger charge is 2.15. The molecule has 3 rings (SSSR count). The molecule has 0 radical (unpaired) electrons. The molecule has 0 atom stereocenters. The van der Waals surface area contributed by atoms with Crippen LogP contribution in [0.5, 0.6) is 5.75 Å². The van der Waals surface area contributed by atoms with Crippen LogP contribution in [0, 0.1) is 17.1 Å². The lowest BCUT2D eigenvalue weighted by Crippen LogP contribution is -2.43. The minimum atomic E-state index is -0.714. The third-order valence-electron chi connectivity index (χ3n) is 3.65.